The number of nitrogens with two attached hydrogens (primary N) is 1. The summed E-state index contributed by atoms with van der Waals surface area (Å²) < 4.78 is 0. The third kappa shape index (κ3) is 2.68. The summed E-state index contributed by atoms with van der Waals surface area (Å²) in [6.07, 6.45) is 1.50. The first-order valence-corrected chi connectivity index (χ1v) is 7.06. The smallest absolute Gasteiger partial charge is 0.337 e. The van der Waals surface area contributed by atoms with Crippen molar-refractivity contribution in [2.24, 2.45) is 0 Å². The first kappa shape index (κ1) is 15.2. The van der Waals surface area contributed by atoms with E-state index < -0.39 is 5.97 Å². The van der Waals surface area contributed by atoms with Crippen LogP contribution < -0.4 is 5.73 Å². The van der Waals surface area contributed by atoms with Crippen molar-refractivity contribution in [1.82, 2.24) is 15.0 Å². The highest BCUT2D eigenvalue weighted by atomic mass is 16.4. The Kier molecular flexibility index (Phi) is 3.72. The fourth-order valence-electron chi connectivity index (χ4n) is 2.46. The maximum atomic E-state index is 11.6. The number of aromatic amines is 1. The predicted molar refractivity (Wildman–Crippen MR) is 88.1 cm³/mol. The van der Waals surface area contributed by atoms with Crippen LogP contribution in [0.15, 0.2) is 36.5 Å². The van der Waals surface area contributed by atoms with Gasteiger partial charge in [0.05, 0.1) is 34.3 Å². The summed E-state index contributed by atoms with van der Waals surface area (Å²) in [5.41, 5.74) is 9.07. The lowest BCUT2D eigenvalue weighted by Gasteiger charge is -2.06. The minimum absolute atomic E-state index is 0.0976. The van der Waals surface area contributed by atoms with Gasteiger partial charge in [0.25, 0.3) is 0 Å². The fourth-order valence-corrected chi connectivity index (χ4v) is 2.46. The second-order valence-electron chi connectivity index (χ2n) is 5.22. The van der Waals surface area contributed by atoms with Crippen LogP contribution >= 0.6 is 0 Å². The highest BCUT2D eigenvalue weighted by molar-refractivity contribution is 5.97. The Morgan fingerprint density at radius 2 is 2.12 bits per heavy atom. The number of carboxylic acids is 1. The van der Waals surface area contributed by atoms with Gasteiger partial charge >= 0.3 is 5.97 Å². The highest BCUT2D eigenvalue weighted by Gasteiger charge is 2.19. The summed E-state index contributed by atoms with van der Waals surface area (Å²) in [6, 6.07) is 10.3. The van der Waals surface area contributed by atoms with Crippen molar-refractivity contribution < 1.29 is 9.90 Å². The van der Waals surface area contributed by atoms with Gasteiger partial charge in [-0.05, 0) is 36.8 Å². The molecule has 0 aliphatic rings. The van der Waals surface area contributed by atoms with Gasteiger partial charge in [-0.1, -0.05) is 6.07 Å². The number of carboxylic acid groups (broad SMARTS) is 1. The number of anilines is 1. The Bertz CT molecular complexity index is 985. The molecule has 0 atom stereocenters. The van der Waals surface area contributed by atoms with Crippen LogP contribution in [0.1, 0.15) is 21.5 Å². The van der Waals surface area contributed by atoms with Crippen LogP contribution in [-0.4, -0.2) is 26.0 Å². The van der Waals surface area contributed by atoms with E-state index in [1.54, 1.807) is 24.3 Å². The molecule has 0 unspecified atom stereocenters. The molecule has 0 saturated carbocycles. The molecule has 4 N–H and O–H groups in total. The second kappa shape index (κ2) is 5.85. The number of aromatic nitrogens is 3. The summed E-state index contributed by atoms with van der Waals surface area (Å²) in [5, 5.41) is 18.6. The average molecular weight is 319 g/mol. The molecular weight excluding hydrogens is 306 g/mol. The van der Waals surface area contributed by atoms with Gasteiger partial charge in [0.15, 0.2) is 0 Å². The minimum Gasteiger partial charge on any atom is -0.478 e. The molecule has 3 rings (SSSR count). The number of H-pyrrole nitrogens is 1. The number of nitriles is 1. The maximum absolute atomic E-state index is 11.6. The molecule has 1 aromatic carbocycles. The number of nitrogen functional groups attached to an aromatic ring is 1. The van der Waals surface area contributed by atoms with Crippen molar-refractivity contribution in [1.29, 1.82) is 5.26 Å². The van der Waals surface area contributed by atoms with Gasteiger partial charge in [0.2, 0.25) is 5.95 Å². The number of nitrogens with zero attached hydrogens (tertiary/aromatic N) is 3. The predicted octanol–water partition coefficient (Wildman–Crippen LogP) is 2.60. The van der Waals surface area contributed by atoms with Crippen LogP contribution in [0.4, 0.5) is 5.95 Å². The van der Waals surface area contributed by atoms with Gasteiger partial charge in [0, 0.05) is 11.8 Å². The van der Waals surface area contributed by atoms with E-state index >= 15 is 0 Å². The quantitative estimate of drug-likeness (QED) is 0.680. The molecule has 0 aliphatic carbocycles. The lowest BCUT2D eigenvalue weighted by atomic mass is 10.0. The number of hydrogen-bond donors (Lipinski definition) is 3. The average Bonchev–Trinajstić information content (AvgIpc) is 3.01. The number of benzene rings is 1. The SMILES string of the molecule is Cc1ccc(C#N)cc1-c1[nH]c(-c2ccnc(N)n2)cc1C(=O)O. The zero-order valence-corrected chi connectivity index (χ0v) is 12.7. The molecule has 0 aliphatic heterocycles. The van der Waals surface area contributed by atoms with Gasteiger partial charge < -0.3 is 15.8 Å². The molecule has 7 heteroatoms. The van der Waals surface area contributed by atoms with E-state index in [9.17, 15) is 9.90 Å². The number of carbonyl (C=O) groups is 1. The van der Waals surface area contributed by atoms with E-state index in [4.69, 9.17) is 11.0 Å². The Balaban J connectivity index is 2.22. The van der Waals surface area contributed by atoms with Gasteiger partial charge in [-0.3, -0.25) is 0 Å². The lowest BCUT2D eigenvalue weighted by molar-refractivity contribution is 0.0698. The summed E-state index contributed by atoms with van der Waals surface area (Å²) in [4.78, 5) is 22.6. The van der Waals surface area contributed by atoms with E-state index in [1.165, 1.54) is 12.3 Å². The van der Waals surface area contributed by atoms with Crippen LogP contribution in [0, 0.1) is 18.3 Å². The molecule has 0 amide bonds. The van der Waals surface area contributed by atoms with Crippen molar-refractivity contribution in [2.45, 2.75) is 6.92 Å². The summed E-state index contributed by atoms with van der Waals surface area (Å²) in [6.45, 7) is 1.85. The molecule has 24 heavy (non-hydrogen) atoms. The van der Waals surface area contributed by atoms with Gasteiger partial charge in [0.1, 0.15) is 0 Å². The third-order valence-corrected chi connectivity index (χ3v) is 3.63. The Morgan fingerprint density at radius 3 is 2.79 bits per heavy atom. The van der Waals surface area contributed by atoms with E-state index in [0.29, 0.717) is 28.2 Å². The monoisotopic (exact) mass is 319 g/mol. The molecule has 118 valence electrons. The molecule has 0 fully saturated rings. The molecule has 2 aromatic heterocycles. The minimum atomic E-state index is -1.07. The number of aryl methyl sites for hydroxylation is 1. The van der Waals surface area contributed by atoms with Crippen molar-refractivity contribution in [3.63, 3.8) is 0 Å². The third-order valence-electron chi connectivity index (χ3n) is 3.63. The molecule has 3 aromatic rings. The van der Waals surface area contributed by atoms with Gasteiger partial charge in [-0.15, -0.1) is 0 Å². The first-order valence-electron chi connectivity index (χ1n) is 7.06. The number of hydrogen-bond acceptors (Lipinski definition) is 5. The van der Waals surface area contributed by atoms with Crippen LogP contribution in [0.25, 0.3) is 22.6 Å². The molecule has 2 heterocycles. The van der Waals surface area contributed by atoms with E-state index in [-0.39, 0.29) is 11.5 Å². The second-order valence-corrected chi connectivity index (χ2v) is 5.22. The van der Waals surface area contributed by atoms with Gasteiger partial charge in [-0.25, -0.2) is 14.8 Å². The van der Waals surface area contributed by atoms with Crippen molar-refractivity contribution in [3.8, 4) is 28.7 Å². The lowest BCUT2D eigenvalue weighted by Crippen LogP contribution is -1.98. The molecule has 7 nitrogen and oxygen atoms in total. The summed E-state index contributed by atoms with van der Waals surface area (Å²) in [5.74, 6) is -0.973. The Morgan fingerprint density at radius 1 is 1.33 bits per heavy atom. The van der Waals surface area contributed by atoms with Crippen LogP contribution in [0.2, 0.25) is 0 Å². The Hall–Kier alpha value is -3.66. The van der Waals surface area contributed by atoms with Crippen LogP contribution in [0.5, 0.6) is 0 Å². The van der Waals surface area contributed by atoms with Crippen LogP contribution in [-0.2, 0) is 0 Å². The van der Waals surface area contributed by atoms with E-state index in [1.807, 2.05) is 6.92 Å². The molecule has 0 radical (unpaired) electrons. The van der Waals surface area contributed by atoms with Crippen molar-refractivity contribution in [3.05, 3.63) is 53.2 Å². The normalized spacial score (nSPS) is 10.3. The fraction of sp³-hybridized carbons (Fsp3) is 0.0588. The first-order chi connectivity index (χ1) is 11.5. The topological polar surface area (TPSA) is 129 Å². The number of nitrogens with one attached hydrogen (secondary N) is 1. The Labute approximate surface area is 137 Å². The number of aromatic carboxylic acids is 1. The summed E-state index contributed by atoms with van der Waals surface area (Å²) in [7, 11) is 0. The zero-order valence-electron chi connectivity index (χ0n) is 12.7. The van der Waals surface area contributed by atoms with Gasteiger partial charge in [-0.2, -0.15) is 5.26 Å². The molecular formula is C17H13N5O2. The van der Waals surface area contributed by atoms with Crippen molar-refractivity contribution >= 4 is 11.9 Å². The van der Waals surface area contributed by atoms with E-state index in [0.717, 1.165) is 5.56 Å². The maximum Gasteiger partial charge on any atom is 0.337 e. The summed E-state index contributed by atoms with van der Waals surface area (Å²) >= 11 is 0. The highest BCUT2D eigenvalue weighted by Crippen LogP contribution is 2.31. The standard InChI is InChI=1S/C17H13N5O2/c1-9-2-3-10(8-18)6-11(9)15-12(16(23)24)7-14(21-15)13-4-5-20-17(19)22-13/h2-7,21H,1H3,(H,23,24)(H2,19,20,22). The molecule has 0 spiro atoms. The zero-order chi connectivity index (χ0) is 17.3. The molecule has 0 bridgehead atoms. The van der Waals surface area contributed by atoms with Crippen LogP contribution in [0.3, 0.4) is 0 Å². The van der Waals surface area contributed by atoms with Crippen molar-refractivity contribution in [2.75, 3.05) is 5.73 Å². The largest absolute Gasteiger partial charge is 0.478 e. The van der Waals surface area contributed by atoms with E-state index in [2.05, 4.69) is 21.0 Å². The molecule has 0 saturated heterocycles. The number of rotatable bonds is 3.